The van der Waals surface area contributed by atoms with Gasteiger partial charge in [-0.15, -0.1) is 0 Å². The molecule has 3 rings (SSSR count). The molecule has 7 heteroatoms. The van der Waals surface area contributed by atoms with Crippen molar-refractivity contribution in [1.82, 2.24) is 20.6 Å². The first-order chi connectivity index (χ1) is 10.1. The van der Waals surface area contributed by atoms with Crippen LogP contribution >= 0.6 is 11.8 Å². The van der Waals surface area contributed by atoms with E-state index in [0.717, 1.165) is 34.6 Å². The Balaban J connectivity index is 1.72. The summed E-state index contributed by atoms with van der Waals surface area (Å²) in [5, 5.41) is 6.24. The van der Waals surface area contributed by atoms with E-state index in [1.165, 1.54) is 0 Å². The van der Waals surface area contributed by atoms with Crippen molar-refractivity contribution in [3.63, 3.8) is 0 Å². The third-order valence-corrected chi connectivity index (χ3v) is 4.70. The molecule has 112 valence electrons. The first-order valence-corrected chi connectivity index (χ1v) is 8.12. The number of hydrogen-bond donors (Lipinski definition) is 4. The molecule has 1 amide bonds. The van der Waals surface area contributed by atoms with Crippen molar-refractivity contribution >= 4 is 28.7 Å². The molecule has 2 aromatic rings. The van der Waals surface area contributed by atoms with Gasteiger partial charge in [-0.25, -0.2) is 4.79 Å². The van der Waals surface area contributed by atoms with Crippen LogP contribution in [0.3, 0.4) is 0 Å². The maximum atomic E-state index is 12.2. The quantitative estimate of drug-likeness (QED) is 0.673. The van der Waals surface area contributed by atoms with Gasteiger partial charge in [-0.05, 0) is 24.6 Å². The zero-order valence-corrected chi connectivity index (χ0v) is 12.5. The van der Waals surface area contributed by atoms with E-state index in [2.05, 4.69) is 20.6 Å². The van der Waals surface area contributed by atoms with Crippen molar-refractivity contribution in [2.24, 2.45) is 0 Å². The molecular weight excluding hydrogens is 288 g/mol. The summed E-state index contributed by atoms with van der Waals surface area (Å²) in [4.78, 5) is 28.9. The van der Waals surface area contributed by atoms with Crippen molar-refractivity contribution in [1.29, 1.82) is 0 Å². The molecule has 0 spiro atoms. The van der Waals surface area contributed by atoms with Crippen molar-refractivity contribution in [3.05, 3.63) is 34.2 Å². The van der Waals surface area contributed by atoms with E-state index in [0.29, 0.717) is 0 Å². The average molecular weight is 306 g/mol. The van der Waals surface area contributed by atoms with Crippen molar-refractivity contribution in [2.45, 2.75) is 19.0 Å². The van der Waals surface area contributed by atoms with Crippen LogP contribution in [0.25, 0.3) is 11.0 Å². The fourth-order valence-corrected chi connectivity index (χ4v) is 3.38. The predicted octanol–water partition coefficient (Wildman–Crippen LogP) is 0.738. The van der Waals surface area contributed by atoms with E-state index in [-0.39, 0.29) is 23.7 Å². The Hall–Kier alpha value is -1.73. The highest BCUT2D eigenvalue weighted by atomic mass is 32.2. The van der Waals surface area contributed by atoms with Gasteiger partial charge in [-0.3, -0.25) is 4.79 Å². The molecule has 2 unspecified atom stereocenters. The molecule has 1 fully saturated rings. The van der Waals surface area contributed by atoms with Crippen molar-refractivity contribution < 1.29 is 4.79 Å². The monoisotopic (exact) mass is 306 g/mol. The largest absolute Gasteiger partial charge is 0.348 e. The molecule has 0 saturated carbocycles. The van der Waals surface area contributed by atoms with Gasteiger partial charge in [-0.1, -0.05) is 6.07 Å². The van der Waals surface area contributed by atoms with Crippen LogP contribution in [0.15, 0.2) is 23.0 Å². The number of aromatic amines is 2. The minimum Gasteiger partial charge on any atom is -0.348 e. The standard InChI is InChI=1S/C14H18N4O2S/c1-8(16-13(19)12-7-21-5-4-15-12)9-2-3-10-11(6-9)18-14(20)17-10/h2-3,6,8,12,15H,4-5,7H2,1H3,(H,16,19)(H2,17,18,20). The van der Waals surface area contributed by atoms with E-state index in [9.17, 15) is 9.59 Å². The number of imidazole rings is 1. The first-order valence-electron chi connectivity index (χ1n) is 6.97. The van der Waals surface area contributed by atoms with Crippen LogP contribution < -0.4 is 16.3 Å². The third kappa shape index (κ3) is 3.14. The maximum Gasteiger partial charge on any atom is 0.323 e. The molecule has 21 heavy (non-hydrogen) atoms. The van der Waals surface area contributed by atoms with Gasteiger partial charge in [0.05, 0.1) is 23.1 Å². The highest BCUT2D eigenvalue weighted by molar-refractivity contribution is 7.99. The minimum absolute atomic E-state index is 0.0253. The summed E-state index contributed by atoms with van der Waals surface area (Å²) in [5.41, 5.74) is 2.27. The van der Waals surface area contributed by atoms with Crippen LogP contribution in [0.1, 0.15) is 18.5 Å². The number of carbonyl (C=O) groups is 1. The lowest BCUT2D eigenvalue weighted by Crippen LogP contribution is -2.49. The lowest BCUT2D eigenvalue weighted by atomic mass is 10.1. The molecule has 0 aliphatic carbocycles. The summed E-state index contributed by atoms with van der Waals surface area (Å²) < 4.78 is 0. The molecule has 1 aromatic heterocycles. The Bertz CT molecular complexity index is 702. The highest BCUT2D eigenvalue weighted by Gasteiger charge is 2.22. The molecular formula is C14H18N4O2S. The number of fused-ring (bicyclic) bond motifs is 1. The van der Waals surface area contributed by atoms with E-state index < -0.39 is 0 Å². The zero-order chi connectivity index (χ0) is 14.8. The predicted molar refractivity (Wildman–Crippen MR) is 84.6 cm³/mol. The topological polar surface area (TPSA) is 89.8 Å². The fourth-order valence-electron chi connectivity index (χ4n) is 2.45. The average Bonchev–Trinajstić information content (AvgIpc) is 2.87. The summed E-state index contributed by atoms with van der Waals surface area (Å²) in [7, 11) is 0. The summed E-state index contributed by atoms with van der Waals surface area (Å²) in [5.74, 6) is 1.89. The van der Waals surface area contributed by atoms with E-state index in [4.69, 9.17) is 0 Å². The van der Waals surface area contributed by atoms with Crippen LogP contribution in [-0.4, -0.2) is 40.0 Å². The summed E-state index contributed by atoms with van der Waals surface area (Å²) in [6.07, 6.45) is 0. The number of thioether (sulfide) groups is 1. The Kier molecular flexibility index (Phi) is 4.03. The van der Waals surface area contributed by atoms with Crippen LogP contribution in [0.5, 0.6) is 0 Å². The summed E-state index contributed by atoms with van der Waals surface area (Å²) >= 11 is 1.79. The van der Waals surface area contributed by atoms with Gasteiger partial charge in [0.2, 0.25) is 5.91 Å². The van der Waals surface area contributed by atoms with Gasteiger partial charge in [0.25, 0.3) is 0 Å². The Labute approximate surface area is 126 Å². The fraction of sp³-hybridized carbons (Fsp3) is 0.429. The molecule has 0 bridgehead atoms. The lowest BCUT2D eigenvalue weighted by molar-refractivity contribution is -0.123. The molecule has 2 atom stereocenters. The van der Waals surface area contributed by atoms with Gasteiger partial charge >= 0.3 is 5.69 Å². The van der Waals surface area contributed by atoms with Gasteiger partial charge in [0.1, 0.15) is 0 Å². The molecule has 1 saturated heterocycles. The van der Waals surface area contributed by atoms with E-state index in [1.54, 1.807) is 11.8 Å². The molecule has 1 aliphatic rings. The first kappa shape index (κ1) is 14.2. The van der Waals surface area contributed by atoms with Gasteiger partial charge in [0.15, 0.2) is 0 Å². The third-order valence-electron chi connectivity index (χ3n) is 3.64. The normalized spacial score (nSPS) is 20.3. The Morgan fingerprint density at radius 3 is 2.95 bits per heavy atom. The van der Waals surface area contributed by atoms with Gasteiger partial charge in [0, 0.05) is 18.1 Å². The molecule has 1 aliphatic heterocycles. The number of aromatic nitrogens is 2. The SMILES string of the molecule is CC(NC(=O)C1CSCCN1)c1ccc2[nH]c(=O)[nH]c2c1. The number of amides is 1. The number of rotatable bonds is 3. The minimum atomic E-state index is -0.220. The highest BCUT2D eigenvalue weighted by Crippen LogP contribution is 2.17. The summed E-state index contributed by atoms with van der Waals surface area (Å²) in [6, 6.07) is 5.43. The smallest absolute Gasteiger partial charge is 0.323 e. The number of hydrogen-bond acceptors (Lipinski definition) is 4. The number of H-pyrrole nitrogens is 2. The second kappa shape index (κ2) is 5.95. The van der Waals surface area contributed by atoms with Crippen LogP contribution in [0.4, 0.5) is 0 Å². The zero-order valence-electron chi connectivity index (χ0n) is 11.7. The Morgan fingerprint density at radius 2 is 2.19 bits per heavy atom. The van der Waals surface area contributed by atoms with Crippen LogP contribution in [0, 0.1) is 0 Å². The van der Waals surface area contributed by atoms with Crippen LogP contribution in [-0.2, 0) is 4.79 Å². The van der Waals surface area contributed by atoms with E-state index in [1.807, 2.05) is 25.1 Å². The Morgan fingerprint density at radius 1 is 1.38 bits per heavy atom. The second-order valence-corrected chi connectivity index (χ2v) is 6.35. The van der Waals surface area contributed by atoms with Gasteiger partial charge < -0.3 is 20.6 Å². The number of carbonyl (C=O) groups excluding carboxylic acids is 1. The van der Waals surface area contributed by atoms with Crippen molar-refractivity contribution in [2.75, 3.05) is 18.1 Å². The second-order valence-electron chi connectivity index (χ2n) is 5.20. The molecule has 4 N–H and O–H groups in total. The molecule has 1 aromatic carbocycles. The molecule has 0 radical (unpaired) electrons. The van der Waals surface area contributed by atoms with Crippen molar-refractivity contribution in [3.8, 4) is 0 Å². The molecule has 6 nitrogen and oxygen atoms in total. The molecule has 2 heterocycles. The number of benzene rings is 1. The van der Waals surface area contributed by atoms with Crippen LogP contribution in [0.2, 0.25) is 0 Å². The van der Waals surface area contributed by atoms with E-state index >= 15 is 0 Å². The van der Waals surface area contributed by atoms with Gasteiger partial charge in [-0.2, -0.15) is 11.8 Å². The number of nitrogens with one attached hydrogen (secondary N) is 4. The maximum absolute atomic E-state index is 12.2. The summed E-state index contributed by atoms with van der Waals surface area (Å²) in [6.45, 7) is 2.81. The lowest BCUT2D eigenvalue weighted by Gasteiger charge is -2.24.